The van der Waals surface area contributed by atoms with Crippen LogP contribution in [0.15, 0.2) is 72.9 Å². The summed E-state index contributed by atoms with van der Waals surface area (Å²) >= 11 is 0. The number of halogens is 1. The van der Waals surface area contributed by atoms with Crippen LogP contribution in [-0.4, -0.2) is 27.4 Å². The first kappa shape index (κ1) is 22.2. The van der Waals surface area contributed by atoms with Crippen LogP contribution in [0.2, 0.25) is 0 Å². The molecule has 0 aliphatic carbocycles. The Bertz CT molecular complexity index is 1420. The van der Waals surface area contributed by atoms with Crippen molar-refractivity contribution in [2.24, 2.45) is 0 Å². The number of pyridine rings is 1. The van der Waals surface area contributed by atoms with E-state index >= 15 is 0 Å². The van der Waals surface area contributed by atoms with Crippen LogP contribution in [0.3, 0.4) is 0 Å². The predicted octanol–water partition coefficient (Wildman–Crippen LogP) is 5.87. The fourth-order valence-corrected chi connectivity index (χ4v) is 5.62. The van der Waals surface area contributed by atoms with Crippen LogP contribution in [0.4, 0.5) is 15.8 Å². The Morgan fingerprint density at radius 1 is 1.06 bits per heavy atom. The van der Waals surface area contributed by atoms with Crippen LogP contribution in [-0.2, 0) is 11.0 Å². The molecular weight excluding hydrogens is 449 g/mol. The highest BCUT2D eigenvalue weighted by Gasteiger charge is 2.21. The number of hydrogen-bond acceptors (Lipinski definition) is 3. The fraction of sp³-hybridized carbons (Fsp3) is 0.185. The Morgan fingerprint density at radius 3 is 2.74 bits per heavy atom. The topological polar surface area (TPSA) is 62.3 Å². The third-order valence-electron chi connectivity index (χ3n) is 6.09. The number of nitrogens with one attached hydrogen (secondary N) is 1. The van der Waals surface area contributed by atoms with Gasteiger partial charge in [-0.05, 0) is 67.1 Å². The molecule has 1 aromatic heterocycles. The molecule has 7 heteroatoms. The Balaban J connectivity index is 1.42. The van der Waals surface area contributed by atoms with Crippen LogP contribution < -0.4 is 9.62 Å². The Hall–Kier alpha value is -3.58. The molecule has 4 aromatic rings. The maximum Gasteiger partial charge on any atom is 0.258 e. The quantitative estimate of drug-likeness (QED) is 0.403. The van der Waals surface area contributed by atoms with Gasteiger partial charge in [-0.25, -0.2) is 8.60 Å². The molecule has 34 heavy (non-hydrogen) atoms. The lowest BCUT2D eigenvalue weighted by molar-refractivity contribution is 0.102. The van der Waals surface area contributed by atoms with Crippen molar-refractivity contribution < 1.29 is 13.4 Å². The highest BCUT2D eigenvalue weighted by Crippen LogP contribution is 2.31. The van der Waals surface area contributed by atoms with E-state index in [1.165, 1.54) is 12.1 Å². The second-order valence-electron chi connectivity index (χ2n) is 8.36. The molecule has 1 amide bonds. The molecule has 0 bridgehead atoms. The lowest BCUT2D eigenvalue weighted by Crippen LogP contribution is -2.33. The van der Waals surface area contributed by atoms with Crippen molar-refractivity contribution >= 4 is 39.0 Å². The van der Waals surface area contributed by atoms with E-state index in [9.17, 15) is 13.4 Å². The lowest BCUT2D eigenvalue weighted by Gasteiger charge is -2.27. The van der Waals surface area contributed by atoms with Crippen LogP contribution in [0.25, 0.3) is 22.0 Å². The van der Waals surface area contributed by atoms with Crippen LogP contribution in [0, 0.1) is 12.7 Å². The van der Waals surface area contributed by atoms with Gasteiger partial charge in [0.15, 0.2) is 0 Å². The number of benzene rings is 3. The minimum Gasteiger partial charge on any atom is -0.322 e. The molecule has 1 unspecified atom stereocenters. The molecule has 5 rings (SSSR count). The maximum atomic E-state index is 14.9. The molecular formula is C27H24FN3O2S. The molecule has 5 nitrogen and oxygen atoms in total. The minimum atomic E-state index is -1.16. The van der Waals surface area contributed by atoms with Crippen LogP contribution >= 0.6 is 0 Å². The second kappa shape index (κ2) is 9.35. The minimum absolute atomic E-state index is 0.0584. The summed E-state index contributed by atoms with van der Waals surface area (Å²) < 4.78 is 28.8. The van der Waals surface area contributed by atoms with Crippen molar-refractivity contribution in [2.45, 2.75) is 19.8 Å². The van der Waals surface area contributed by atoms with Gasteiger partial charge in [0.05, 0.1) is 16.9 Å². The first-order valence-corrected chi connectivity index (χ1v) is 12.5. The molecule has 2 heterocycles. The average Bonchev–Trinajstić information content (AvgIpc) is 2.85. The Morgan fingerprint density at radius 2 is 1.91 bits per heavy atom. The van der Waals surface area contributed by atoms with Gasteiger partial charge >= 0.3 is 0 Å². The highest BCUT2D eigenvalue weighted by molar-refractivity contribution is 7.86. The van der Waals surface area contributed by atoms with Gasteiger partial charge in [0.2, 0.25) is 0 Å². The number of carbonyl (C=O) groups excluding carboxylic acids is 1. The summed E-state index contributed by atoms with van der Waals surface area (Å²) in [5, 5.41) is 4.92. The number of aryl methyl sites for hydroxylation is 1. The van der Waals surface area contributed by atoms with E-state index in [4.69, 9.17) is 0 Å². The zero-order chi connectivity index (χ0) is 23.7. The van der Waals surface area contributed by atoms with Crippen molar-refractivity contribution in [3.05, 3.63) is 89.9 Å². The van der Waals surface area contributed by atoms with Gasteiger partial charge in [-0.1, -0.05) is 30.3 Å². The van der Waals surface area contributed by atoms with Crippen molar-refractivity contribution in [3.8, 4) is 11.3 Å². The third kappa shape index (κ3) is 4.31. The van der Waals surface area contributed by atoms with E-state index in [1.807, 2.05) is 49.4 Å². The number of amides is 1. The highest BCUT2D eigenvalue weighted by atomic mass is 32.2. The van der Waals surface area contributed by atoms with Crippen molar-refractivity contribution in [1.29, 1.82) is 0 Å². The van der Waals surface area contributed by atoms with Crippen molar-refractivity contribution in [1.82, 2.24) is 4.98 Å². The molecule has 3 aromatic carbocycles. The van der Waals surface area contributed by atoms with E-state index in [-0.39, 0.29) is 5.56 Å². The van der Waals surface area contributed by atoms with Crippen LogP contribution in [0.5, 0.6) is 0 Å². The summed E-state index contributed by atoms with van der Waals surface area (Å²) in [6, 6.07) is 20.0. The summed E-state index contributed by atoms with van der Waals surface area (Å²) in [7, 11) is -1.16. The average molecular weight is 474 g/mol. The van der Waals surface area contributed by atoms with E-state index in [0.29, 0.717) is 23.7 Å². The van der Waals surface area contributed by atoms with E-state index in [1.54, 1.807) is 22.6 Å². The standard InChI is InChI=1S/C27H24FN3O2S/c1-18-8-9-20(16-24(18)26-22-7-3-2-6-19(22)12-13-29-26)30-27(32)23-11-10-21(17-25(23)28)31-14-4-5-15-34(31)33/h2-3,6-13,16-17H,4-5,14-15H2,1H3,(H,30,32). The second-order valence-corrected chi connectivity index (χ2v) is 9.86. The summed E-state index contributed by atoms with van der Waals surface area (Å²) in [6.45, 7) is 2.61. The Labute approximate surface area is 200 Å². The molecule has 0 saturated carbocycles. The molecule has 0 spiro atoms. The largest absolute Gasteiger partial charge is 0.322 e. The van der Waals surface area contributed by atoms with Crippen LogP contribution in [0.1, 0.15) is 28.8 Å². The number of carbonyl (C=O) groups is 1. The molecule has 1 fully saturated rings. The van der Waals surface area contributed by atoms with Crippen molar-refractivity contribution in [2.75, 3.05) is 21.9 Å². The van der Waals surface area contributed by atoms with Gasteiger partial charge < -0.3 is 5.32 Å². The zero-order valence-corrected chi connectivity index (χ0v) is 19.6. The van der Waals surface area contributed by atoms with Gasteiger partial charge in [-0.3, -0.25) is 14.1 Å². The Kier molecular flexibility index (Phi) is 6.11. The van der Waals surface area contributed by atoms with Crippen molar-refractivity contribution in [3.63, 3.8) is 0 Å². The fourth-order valence-electron chi connectivity index (χ4n) is 4.27. The van der Waals surface area contributed by atoms with E-state index < -0.39 is 22.7 Å². The molecule has 1 saturated heterocycles. The summed E-state index contributed by atoms with van der Waals surface area (Å²) in [5.74, 6) is -0.601. The molecule has 1 atom stereocenters. The predicted molar refractivity (Wildman–Crippen MR) is 136 cm³/mol. The first-order chi connectivity index (χ1) is 16.5. The maximum absolute atomic E-state index is 14.9. The lowest BCUT2D eigenvalue weighted by atomic mass is 9.99. The zero-order valence-electron chi connectivity index (χ0n) is 18.8. The number of fused-ring (bicyclic) bond motifs is 1. The normalized spacial score (nSPS) is 15.9. The van der Waals surface area contributed by atoms with Gasteiger partial charge in [0.25, 0.3) is 5.91 Å². The van der Waals surface area contributed by atoms with Gasteiger partial charge in [0.1, 0.15) is 16.8 Å². The van der Waals surface area contributed by atoms with Gasteiger partial charge in [-0.15, -0.1) is 0 Å². The number of rotatable bonds is 4. The first-order valence-electron chi connectivity index (χ1n) is 11.2. The molecule has 0 radical (unpaired) electrons. The number of nitrogens with zero attached hydrogens (tertiary/aromatic N) is 2. The van der Waals surface area contributed by atoms with E-state index in [0.717, 1.165) is 40.4 Å². The van der Waals surface area contributed by atoms with Gasteiger partial charge in [0, 0.05) is 35.1 Å². The number of anilines is 2. The SMILES string of the molecule is Cc1ccc(NC(=O)c2ccc(N3CCCCS3=O)cc2F)cc1-c1nccc2ccccc12. The third-order valence-corrected chi connectivity index (χ3v) is 7.61. The molecule has 1 aliphatic heterocycles. The summed E-state index contributed by atoms with van der Waals surface area (Å²) in [5.41, 5.74) is 3.78. The van der Waals surface area contributed by atoms with Gasteiger partial charge in [-0.2, -0.15) is 0 Å². The molecule has 1 N–H and O–H groups in total. The summed E-state index contributed by atoms with van der Waals surface area (Å²) in [6.07, 6.45) is 3.59. The smallest absolute Gasteiger partial charge is 0.258 e. The number of aromatic nitrogens is 1. The monoisotopic (exact) mass is 473 g/mol. The molecule has 1 aliphatic rings. The molecule has 172 valence electrons. The van der Waals surface area contributed by atoms with E-state index in [2.05, 4.69) is 10.3 Å². The number of hydrogen-bond donors (Lipinski definition) is 1. The summed E-state index contributed by atoms with van der Waals surface area (Å²) in [4.78, 5) is 17.5.